The first kappa shape index (κ1) is 13.9. The highest BCUT2D eigenvalue weighted by Gasteiger charge is 2.06. The third-order valence-electron chi connectivity index (χ3n) is 1.95. The summed E-state index contributed by atoms with van der Waals surface area (Å²) in [6.07, 6.45) is 1.57. The number of nitrogens with one attached hydrogen (secondary N) is 1. The smallest absolute Gasteiger partial charge is 0.303 e. The van der Waals surface area contributed by atoms with Gasteiger partial charge in [0.05, 0.1) is 6.10 Å². The van der Waals surface area contributed by atoms with E-state index < -0.39 is 12.1 Å². The van der Waals surface area contributed by atoms with Crippen LogP contribution < -0.4 is 5.32 Å². The first-order valence-corrected chi connectivity index (χ1v) is 5.22. The van der Waals surface area contributed by atoms with E-state index in [1.54, 1.807) is 0 Å². The van der Waals surface area contributed by atoms with Gasteiger partial charge in [-0.25, -0.2) is 0 Å². The van der Waals surface area contributed by atoms with Crippen molar-refractivity contribution >= 4 is 11.9 Å². The maximum Gasteiger partial charge on any atom is 0.303 e. The zero-order valence-corrected chi connectivity index (χ0v) is 9.03. The highest BCUT2D eigenvalue weighted by molar-refractivity contribution is 5.76. The van der Waals surface area contributed by atoms with E-state index in [1.807, 2.05) is 6.92 Å². The molecule has 0 aliphatic rings. The maximum absolute atomic E-state index is 11.1. The van der Waals surface area contributed by atoms with Crippen molar-refractivity contribution in [2.75, 3.05) is 6.54 Å². The minimum absolute atomic E-state index is 0.00489. The molecule has 3 N–H and O–H groups in total. The summed E-state index contributed by atoms with van der Waals surface area (Å²) in [6.45, 7) is 2.21. The summed E-state index contributed by atoms with van der Waals surface area (Å²) in [5.41, 5.74) is 0. The molecule has 88 valence electrons. The molecule has 0 aromatic heterocycles. The number of carbonyl (C=O) groups excluding carboxylic acids is 1. The Labute approximate surface area is 89.5 Å². The Morgan fingerprint density at radius 2 is 2.00 bits per heavy atom. The summed E-state index contributed by atoms with van der Waals surface area (Å²) in [4.78, 5) is 21.3. The molecule has 1 unspecified atom stereocenters. The molecule has 5 nitrogen and oxygen atoms in total. The topological polar surface area (TPSA) is 86.6 Å². The lowest BCUT2D eigenvalue weighted by Crippen LogP contribution is -2.31. The third-order valence-corrected chi connectivity index (χ3v) is 1.95. The standard InChI is InChI=1S/C10H19NO4/c1-2-4-8(12)7-11-9(13)5-3-6-10(14)15/h8,12H,2-7H2,1H3,(H,11,13)(H,14,15). The minimum atomic E-state index is -0.895. The fourth-order valence-electron chi connectivity index (χ4n) is 1.16. The Bertz CT molecular complexity index is 206. The molecule has 5 heteroatoms. The number of aliphatic hydroxyl groups is 1. The van der Waals surface area contributed by atoms with Crippen LogP contribution in [-0.4, -0.2) is 34.7 Å². The van der Waals surface area contributed by atoms with Gasteiger partial charge < -0.3 is 15.5 Å². The fourth-order valence-corrected chi connectivity index (χ4v) is 1.16. The molecule has 0 bridgehead atoms. The average molecular weight is 217 g/mol. The quantitative estimate of drug-likeness (QED) is 0.553. The molecule has 0 fully saturated rings. The number of carbonyl (C=O) groups is 2. The average Bonchev–Trinajstić information content (AvgIpc) is 2.14. The van der Waals surface area contributed by atoms with Crippen molar-refractivity contribution in [1.29, 1.82) is 0 Å². The number of hydrogen-bond acceptors (Lipinski definition) is 3. The Kier molecular flexibility index (Phi) is 7.62. The van der Waals surface area contributed by atoms with Gasteiger partial charge in [0.2, 0.25) is 5.91 Å². The molecule has 0 rings (SSSR count). The predicted molar refractivity (Wildman–Crippen MR) is 55.4 cm³/mol. The van der Waals surface area contributed by atoms with Crippen LogP contribution in [0.5, 0.6) is 0 Å². The lowest BCUT2D eigenvalue weighted by atomic mass is 10.2. The van der Waals surface area contributed by atoms with Crippen LogP contribution in [-0.2, 0) is 9.59 Å². The van der Waals surface area contributed by atoms with Gasteiger partial charge >= 0.3 is 5.97 Å². The molecule has 0 aromatic carbocycles. The second-order valence-corrected chi connectivity index (χ2v) is 3.49. The van der Waals surface area contributed by atoms with Gasteiger partial charge in [-0.15, -0.1) is 0 Å². The normalized spacial score (nSPS) is 12.1. The summed E-state index contributed by atoms with van der Waals surface area (Å²) >= 11 is 0. The van der Waals surface area contributed by atoms with Crippen molar-refractivity contribution in [3.8, 4) is 0 Å². The van der Waals surface area contributed by atoms with Crippen molar-refractivity contribution < 1.29 is 19.8 Å². The van der Waals surface area contributed by atoms with Gasteiger partial charge in [-0.3, -0.25) is 9.59 Å². The summed E-state index contributed by atoms with van der Waals surface area (Å²) in [5, 5.41) is 20.2. The van der Waals surface area contributed by atoms with Gasteiger partial charge in [0.25, 0.3) is 0 Å². The number of aliphatic carboxylic acids is 1. The second kappa shape index (κ2) is 8.23. The van der Waals surface area contributed by atoms with E-state index in [4.69, 9.17) is 5.11 Å². The van der Waals surface area contributed by atoms with E-state index in [-0.39, 0.29) is 25.3 Å². The van der Waals surface area contributed by atoms with Crippen molar-refractivity contribution in [1.82, 2.24) is 5.32 Å². The largest absolute Gasteiger partial charge is 0.481 e. The van der Waals surface area contributed by atoms with E-state index in [2.05, 4.69) is 5.32 Å². The van der Waals surface area contributed by atoms with Gasteiger partial charge in [0.15, 0.2) is 0 Å². The molecular weight excluding hydrogens is 198 g/mol. The van der Waals surface area contributed by atoms with E-state index in [1.165, 1.54) is 0 Å². The molecule has 0 spiro atoms. The van der Waals surface area contributed by atoms with Crippen molar-refractivity contribution in [3.05, 3.63) is 0 Å². The minimum Gasteiger partial charge on any atom is -0.481 e. The van der Waals surface area contributed by atoms with Crippen LogP contribution >= 0.6 is 0 Å². The Morgan fingerprint density at radius 1 is 1.33 bits per heavy atom. The Morgan fingerprint density at radius 3 is 2.53 bits per heavy atom. The zero-order chi connectivity index (χ0) is 11.7. The molecule has 0 aliphatic heterocycles. The van der Waals surface area contributed by atoms with Crippen LogP contribution in [0.15, 0.2) is 0 Å². The molecule has 0 heterocycles. The summed E-state index contributed by atoms with van der Waals surface area (Å²) < 4.78 is 0. The van der Waals surface area contributed by atoms with Gasteiger partial charge in [-0.05, 0) is 12.8 Å². The summed E-state index contributed by atoms with van der Waals surface area (Å²) in [5.74, 6) is -1.10. The maximum atomic E-state index is 11.1. The van der Waals surface area contributed by atoms with Crippen molar-refractivity contribution in [2.24, 2.45) is 0 Å². The van der Waals surface area contributed by atoms with Crippen LogP contribution in [0.3, 0.4) is 0 Å². The highest BCUT2D eigenvalue weighted by atomic mass is 16.4. The van der Waals surface area contributed by atoms with Gasteiger partial charge in [-0.2, -0.15) is 0 Å². The second-order valence-electron chi connectivity index (χ2n) is 3.49. The van der Waals surface area contributed by atoms with E-state index in [9.17, 15) is 14.7 Å². The number of carboxylic acids is 1. The fraction of sp³-hybridized carbons (Fsp3) is 0.800. The third kappa shape index (κ3) is 9.21. The molecule has 15 heavy (non-hydrogen) atoms. The van der Waals surface area contributed by atoms with E-state index in [0.717, 1.165) is 6.42 Å². The zero-order valence-electron chi connectivity index (χ0n) is 9.03. The molecule has 1 atom stereocenters. The molecule has 0 radical (unpaired) electrons. The van der Waals surface area contributed by atoms with Crippen LogP contribution in [0.2, 0.25) is 0 Å². The lowest BCUT2D eigenvalue weighted by Gasteiger charge is -2.10. The first-order chi connectivity index (χ1) is 7.06. The number of hydrogen-bond donors (Lipinski definition) is 3. The number of rotatable bonds is 8. The SMILES string of the molecule is CCCC(O)CNC(=O)CCCC(=O)O. The van der Waals surface area contributed by atoms with Gasteiger partial charge in [-0.1, -0.05) is 13.3 Å². The molecule has 0 aliphatic carbocycles. The summed E-state index contributed by atoms with van der Waals surface area (Å²) in [6, 6.07) is 0. The molecule has 0 saturated carbocycles. The van der Waals surface area contributed by atoms with Gasteiger partial charge in [0, 0.05) is 19.4 Å². The van der Waals surface area contributed by atoms with Gasteiger partial charge in [0.1, 0.15) is 0 Å². The lowest BCUT2D eigenvalue weighted by molar-refractivity contribution is -0.137. The van der Waals surface area contributed by atoms with Crippen molar-refractivity contribution in [2.45, 2.75) is 45.1 Å². The molecule has 0 saturated heterocycles. The van der Waals surface area contributed by atoms with E-state index >= 15 is 0 Å². The Hall–Kier alpha value is -1.10. The number of amides is 1. The van der Waals surface area contributed by atoms with E-state index in [0.29, 0.717) is 12.8 Å². The predicted octanol–water partition coefficient (Wildman–Crippen LogP) is 0.518. The Balaban J connectivity index is 3.44. The first-order valence-electron chi connectivity index (χ1n) is 5.22. The monoisotopic (exact) mass is 217 g/mol. The van der Waals surface area contributed by atoms with Crippen LogP contribution in [0.25, 0.3) is 0 Å². The molecular formula is C10H19NO4. The van der Waals surface area contributed by atoms with Crippen LogP contribution in [0.4, 0.5) is 0 Å². The van der Waals surface area contributed by atoms with Crippen LogP contribution in [0.1, 0.15) is 39.0 Å². The number of carboxylic acid groups (broad SMARTS) is 1. The highest BCUT2D eigenvalue weighted by Crippen LogP contribution is 1.97. The number of aliphatic hydroxyl groups excluding tert-OH is 1. The summed E-state index contributed by atoms with van der Waals surface area (Å²) in [7, 11) is 0. The van der Waals surface area contributed by atoms with Crippen molar-refractivity contribution in [3.63, 3.8) is 0 Å². The van der Waals surface area contributed by atoms with Crippen LogP contribution in [0, 0.1) is 0 Å². The molecule has 0 aromatic rings. The molecule has 1 amide bonds.